The van der Waals surface area contributed by atoms with Gasteiger partial charge in [-0.3, -0.25) is 4.79 Å². The first-order chi connectivity index (χ1) is 9.09. The number of hydrogen-bond donors (Lipinski definition) is 2. The molecule has 1 atom stereocenters. The van der Waals surface area contributed by atoms with Crippen LogP contribution in [-0.4, -0.2) is 11.0 Å². The van der Waals surface area contributed by atoms with E-state index >= 15 is 0 Å². The van der Waals surface area contributed by atoms with Crippen molar-refractivity contribution in [2.24, 2.45) is 0 Å². The second-order valence-corrected chi connectivity index (χ2v) is 5.36. The van der Waals surface area contributed by atoms with Crippen LogP contribution in [0.1, 0.15) is 28.9 Å². The monoisotopic (exact) mass is 367 g/mol. The van der Waals surface area contributed by atoms with Crippen molar-refractivity contribution < 1.29 is 9.90 Å². The van der Waals surface area contributed by atoms with Gasteiger partial charge in [-0.25, -0.2) is 0 Å². The minimum atomic E-state index is -0.619. The number of nitrogens with one attached hydrogen (secondary N) is 1. The third-order valence-electron chi connectivity index (χ3n) is 2.78. The first-order valence-electron chi connectivity index (χ1n) is 5.92. The van der Waals surface area contributed by atoms with Gasteiger partial charge in [-0.15, -0.1) is 0 Å². The Morgan fingerprint density at radius 1 is 1.16 bits per heavy atom. The predicted octanol–water partition coefficient (Wildman–Crippen LogP) is 3.60. The van der Waals surface area contributed by atoms with Gasteiger partial charge >= 0.3 is 0 Å². The Kier molecular flexibility index (Phi) is 4.55. The molecule has 2 aromatic rings. The van der Waals surface area contributed by atoms with E-state index in [-0.39, 0.29) is 5.91 Å². The van der Waals surface area contributed by atoms with Crippen molar-refractivity contribution in [2.75, 3.05) is 5.32 Å². The minimum absolute atomic E-state index is 0.168. The number of benzene rings is 2. The van der Waals surface area contributed by atoms with Crippen LogP contribution in [0.3, 0.4) is 0 Å². The average molecular weight is 367 g/mol. The number of anilines is 1. The normalized spacial score (nSPS) is 11.9. The summed E-state index contributed by atoms with van der Waals surface area (Å²) in [4.78, 5) is 12.2. The zero-order valence-corrected chi connectivity index (χ0v) is 12.6. The molecule has 0 aromatic heterocycles. The van der Waals surface area contributed by atoms with Crippen LogP contribution in [0.15, 0.2) is 48.5 Å². The molecule has 0 aliphatic carbocycles. The number of aliphatic hydroxyl groups excluding tert-OH is 1. The minimum Gasteiger partial charge on any atom is -0.389 e. The fourth-order valence-corrected chi connectivity index (χ4v) is 2.44. The molecule has 98 valence electrons. The number of hydrogen-bond acceptors (Lipinski definition) is 2. The van der Waals surface area contributed by atoms with Crippen LogP contribution in [0, 0.1) is 3.57 Å². The molecule has 2 rings (SSSR count). The lowest BCUT2D eigenvalue weighted by molar-refractivity contribution is 0.102. The number of para-hydroxylation sites is 1. The van der Waals surface area contributed by atoms with Gasteiger partial charge in [-0.1, -0.05) is 30.3 Å². The number of halogens is 1. The Bertz CT molecular complexity index is 596. The van der Waals surface area contributed by atoms with Crippen LogP contribution >= 0.6 is 22.6 Å². The summed E-state index contributed by atoms with van der Waals surface area (Å²) in [6.45, 7) is 1.68. The number of carbonyl (C=O) groups is 1. The molecule has 0 spiro atoms. The van der Waals surface area contributed by atoms with Gasteiger partial charge in [0.1, 0.15) is 0 Å². The first-order valence-corrected chi connectivity index (χ1v) is 7.00. The van der Waals surface area contributed by atoms with Gasteiger partial charge in [0, 0.05) is 14.8 Å². The maximum atomic E-state index is 12.2. The summed E-state index contributed by atoms with van der Waals surface area (Å²) < 4.78 is 0.895. The van der Waals surface area contributed by atoms with Crippen LogP contribution in [-0.2, 0) is 0 Å². The fourth-order valence-electron chi connectivity index (χ4n) is 1.81. The average Bonchev–Trinajstić information content (AvgIpc) is 2.39. The van der Waals surface area contributed by atoms with E-state index in [2.05, 4.69) is 27.9 Å². The summed E-state index contributed by atoms with van der Waals surface area (Å²) in [5.74, 6) is -0.168. The van der Waals surface area contributed by atoms with Gasteiger partial charge in [0.25, 0.3) is 5.91 Å². The Hall–Kier alpha value is -1.40. The fraction of sp³-hybridized carbons (Fsp3) is 0.133. The van der Waals surface area contributed by atoms with Gasteiger partial charge in [0.2, 0.25) is 0 Å². The van der Waals surface area contributed by atoms with Crippen LogP contribution < -0.4 is 5.32 Å². The molecule has 2 N–H and O–H groups in total. The maximum Gasteiger partial charge on any atom is 0.256 e. The lowest BCUT2D eigenvalue weighted by Gasteiger charge is -2.13. The van der Waals surface area contributed by atoms with E-state index < -0.39 is 6.10 Å². The molecule has 4 heteroatoms. The molecule has 3 nitrogen and oxygen atoms in total. The molecule has 0 aliphatic heterocycles. The Morgan fingerprint density at radius 3 is 2.47 bits per heavy atom. The lowest BCUT2D eigenvalue weighted by Crippen LogP contribution is -2.15. The van der Waals surface area contributed by atoms with E-state index in [9.17, 15) is 9.90 Å². The first kappa shape index (κ1) is 14.0. The van der Waals surface area contributed by atoms with Gasteiger partial charge in [0.15, 0.2) is 0 Å². The number of amides is 1. The highest BCUT2D eigenvalue weighted by molar-refractivity contribution is 14.1. The summed E-state index contributed by atoms with van der Waals surface area (Å²) in [5.41, 5.74) is 1.98. The molecule has 19 heavy (non-hydrogen) atoms. The molecule has 1 unspecified atom stereocenters. The zero-order chi connectivity index (χ0) is 13.8. The molecule has 1 amide bonds. The molecule has 0 aliphatic rings. The molecule has 0 radical (unpaired) electrons. The van der Waals surface area contributed by atoms with Crippen molar-refractivity contribution in [2.45, 2.75) is 13.0 Å². The molecule has 2 aromatic carbocycles. The highest BCUT2D eigenvalue weighted by Gasteiger charge is 2.13. The van der Waals surface area contributed by atoms with E-state index in [1.165, 1.54) is 0 Å². The molecule has 0 bridgehead atoms. The van der Waals surface area contributed by atoms with Gasteiger partial charge in [-0.2, -0.15) is 0 Å². The number of rotatable bonds is 3. The quantitative estimate of drug-likeness (QED) is 0.815. The van der Waals surface area contributed by atoms with E-state index in [4.69, 9.17) is 0 Å². The maximum absolute atomic E-state index is 12.2. The van der Waals surface area contributed by atoms with Gasteiger partial charge in [0.05, 0.1) is 11.7 Å². The van der Waals surface area contributed by atoms with Crippen molar-refractivity contribution >= 4 is 34.2 Å². The van der Waals surface area contributed by atoms with Crippen LogP contribution in [0.25, 0.3) is 0 Å². The third kappa shape index (κ3) is 3.33. The SMILES string of the molecule is CC(O)c1ccccc1NC(=O)c1ccccc1I. The molecule has 0 saturated heterocycles. The van der Waals surface area contributed by atoms with Crippen molar-refractivity contribution in [3.63, 3.8) is 0 Å². The third-order valence-corrected chi connectivity index (χ3v) is 3.72. The highest BCUT2D eigenvalue weighted by Crippen LogP contribution is 2.23. The van der Waals surface area contributed by atoms with Crippen molar-refractivity contribution in [1.82, 2.24) is 0 Å². The topological polar surface area (TPSA) is 49.3 Å². The Balaban J connectivity index is 2.27. The highest BCUT2D eigenvalue weighted by atomic mass is 127. The summed E-state index contributed by atoms with van der Waals surface area (Å²) in [6, 6.07) is 14.6. The smallest absolute Gasteiger partial charge is 0.256 e. The molecular weight excluding hydrogens is 353 g/mol. The number of carbonyl (C=O) groups excluding carboxylic acids is 1. The molecular formula is C15H14INO2. The summed E-state index contributed by atoms with van der Waals surface area (Å²) in [5, 5.41) is 12.5. The Labute approximate surface area is 125 Å². The van der Waals surface area contributed by atoms with E-state index in [1.54, 1.807) is 25.1 Å². The van der Waals surface area contributed by atoms with Gasteiger partial charge < -0.3 is 10.4 Å². The van der Waals surface area contributed by atoms with Crippen molar-refractivity contribution in [1.29, 1.82) is 0 Å². The largest absolute Gasteiger partial charge is 0.389 e. The van der Waals surface area contributed by atoms with Crippen LogP contribution in [0.4, 0.5) is 5.69 Å². The van der Waals surface area contributed by atoms with Crippen molar-refractivity contribution in [3.8, 4) is 0 Å². The molecule has 0 saturated carbocycles. The second kappa shape index (κ2) is 6.16. The molecule has 0 heterocycles. The van der Waals surface area contributed by atoms with E-state index in [1.807, 2.05) is 30.3 Å². The standard InChI is InChI=1S/C15H14INO2/c1-10(18)11-6-3-5-9-14(11)17-15(19)12-7-2-4-8-13(12)16/h2-10,18H,1H3,(H,17,19). The summed E-state index contributed by atoms with van der Waals surface area (Å²) >= 11 is 2.13. The summed E-state index contributed by atoms with van der Waals surface area (Å²) in [6.07, 6.45) is -0.619. The van der Waals surface area contributed by atoms with E-state index in [0.29, 0.717) is 16.8 Å². The predicted molar refractivity (Wildman–Crippen MR) is 84.2 cm³/mol. The lowest BCUT2D eigenvalue weighted by atomic mass is 10.1. The number of aliphatic hydroxyl groups is 1. The zero-order valence-electron chi connectivity index (χ0n) is 10.4. The van der Waals surface area contributed by atoms with E-state index in [0.717, 1.165) is 3.57 Å². The van der Waals surface area contributed by atoms with Crippen LogP contribution in [0.2, 0.25) is 0 Å². The van der Waals surface area contributed by atoms with Crippen molar-refractivity contribution in [3.05, 3.63) is 63.2 Å². The summed E-state index contributed by atoms with van der Waals surface area (Å²) in [7, 11) is 0. The second-order valence-electron chi connectivity index (χ2n) is 4.20. The Morgan fingerprint density at radius 2 is 1.79 bits per heavy atom. The molecule has 0 fully saturated rings. The van der Waals surface area contributed by atoms with Gasteiger partial charge in [-0.05, 0) is 47.7 Å². The van der Waals surface area contributed by atoms with Crippen LogP contribution in [0.5, 0.6) is 0 Å².